The van der Waals surface area contributed by atoms with Gasteiger partial charge >= 0.3 is 0 Å². The molecule has 2 atom stereocenters. The van der Waals surface area contributed by atoms with Crippen LogP contribution in [0.3, 0.4) is 0 Å². The monoisotopic (exact) mass is 435 g/mol. The first kappa shape index (κ1) is 20.3. The number of aryl methyl sites for hydroxylation is 1. The smallest absolute Gasteiger partial charge is 0.254 e. The van der Waals surface area contributed by atoms with Gasteiger partial charge in [-0.05, 0) is 72.2 Å². The Bertz CT molecular complexity index is 1350. The van der Waals surface area contributed by atoms with Gasteiger partial charge in [0.25, 0.3) is 5.91 Å². The summed E-state index contributed by atoms with van der Waals surface area (Å²) in [5.41, 5.74) is 9.52. The second kappa shape index (κ2) is 7.89. The van der Waals surface area contributed by atoms with Crippen molar-refractivity contribution in [2.45, 2.75) is 44.8 Å². The van der Waals surface area contributed by atoms with E-state index in [1.165, 1.54) is 39.7 Å². The molecule has 2 N–H and O–H groups in total. The van der Waals surface area contributed by atoms with Gasteiger partial charge in [0.2, 0.25) is 0 Å². The van der Waals surface area contributed by atoms with Crippen molar-refractivity contribution in [3.8, 4) is 11.1 Å². The van der Waals surface area contributed by atoms with Crippen molar-refractivity contribution in [3.63, 3.8) is 0 Å². The van der Waals surface area contributed by atoms with Crippen LogP contribution in [0.15, 0.2) is 66.7 Å². The van der Waals surface area contributed by atoms with Gasteiger partial charge in [-0.3, -0.25) is 4.79 Å². The lowest BCUT2D eigenvalue weighted by molar-refractivity contribution is 0.0816. The van der Waals surface area contributed by atoms with Crippen LogP contribution in [0.1, 0.15) is 64.6 Å². The van der Waals surface area contributed by atoms with E-state index < -0.39 is 0 Å². The highest BCUT2D eigenvalue weighted by molar-refractivity contribution is 5.99. The third-order valence-electron chi connectivity index (χ3n) is 7.39. The molecule has 6 rings (SSSR count). The van der Waals surface area contributed by atoms with Gasteiger partial charge in [0, 0.05) is 47.8 Å². The molecule has 1 unspecified atom stereocenters. The zero-order valence-electron chi connectivity index (χ0n) is 19.2. The number of fused-ring (bicyclic) bond motifs is 4. The number of rotatable bonds is 4. The van der Waals surface area contributed by atoms with E-state index in [1.54, 1.807) is 4.90 Å². The number of amides is 1. The van der Waals surface area contributed by atoms with E-state index in [-0.39, 0.29) is 5.91 Å². The summed E-state index contributed by atoms with van der Waals surface area (Å²) in [5.74, 6) is 0.119. The van der Waals surface area contributed by atoms with E-state index in [0.717, 1.165) is 29.5 Å². The number of H-pyrrole nitrogens is 1. The second-order valence-corrected chi connectivity index (χ2v) is 9.55. The Morgan fingerprint density at radius 1 is 1.03 bits per heavy atom. The molecular formula is C29H29N3O. The van der Waals surface area contributed by atoms with Crippen LogP contribution >= 0.6 is 0 Å². The minimum atomic E-state index is 0.119. The molecule has 1 aliphatic heterocycles. The highest BCUT2D eigenvalue weighted by Gasteiger charge is 2.27. The van der Waals surface area contributed by atoms with Crippen LogP contribution < -0.4 is 5.32 Å². The molecule has 2 heterocycles. The number of hydrogen-bond donors (Lipinski definition) is 2. The van der Waals surface area contributed by atoms with Crippen molar-refractivity contribution < 1.29 is 4.79 Å². The largest absolute Gasteiger partial charge is 0.357 e. The van der Waals surface area contributed by atoms with Crippen molar-refractivity contribution in [3.05, 3.63) is 94.7 Å². The lowest BCUT2D eigenvalue weighted by atomic mass is 9.90. The average molecular weight is 436 g/mol. The lowest BCUT2D eigenvalue weighted by Crippen LogP contribution is -2.27. The molecular weight excluding hydrogens is 406 g/mol. The summed E-state index contributed by atoms with van der Waals surface area (Å²) < 4.78 is 0. The maximum atomic E-state index is 12.5. The Morgan fingerprint density at radius 2 is 1.82 bits per heavy atom. The first-order chi connectivity index (χ1) is 16.1. The summed E-state index contributed by atoms with van der Waals surface area (Å²) in [5, 5.41) is 5.17. The highest BCUT2D eigenvalue weighted by Crippen LogP contribution is 2.38. The number of nitrogens with one attached hydrogen (secondary N) is 2. The summed E-state index contributed by atoms with van der Waals surface area (Å²) >= 11 is 0. The molecule has 0 bridgehead atoms. The molecule has 1 amide bonds. The fraction of sp³-hybridized carbons (Fsp3) is 0.276. The summed E-state index contributed by atoms with van der Waals surface area (Å²) in [6, 6.07) is 24.3. The van der Waals surface area contributed by atoms with Crippen LogP contribution in [0, 0.1) is 0 Å². The minimum Gasteiger partial charge on any atom is -0.357 e. The quantitative estimate of drug-likeness (QED) is 0.404. The van der Waals surface area contributed by atoms with Crippen LogP contribution in [0.2, 0.25) is 0 Å². The molecule has 1 aromatic heterocycles. The fourth-order valence-corrected chi connectivity index (χ4v) is 5.57. The highest BCUT2D eigenvalue weighted by atomic mass is 16.2. The third-order valence-corrected chi connectivity index (χ3v) is 7.39. The predicted octanol–water partition coefficient (Wildman–Crippen LogP) is 6.15. The Morgan fingerprint density at radius 3 is 2.67 bits per heavy atom. The first-order valence-corrected chi connectivity index (χ1v) is 11.9. The number of hydrogen-bond acceptors (Lipinski definition) is 2. The lowest BCUT2D eigenvalue weighted by Gasteiger charge is -2.27. The molecule has 4 heteroatoms. The Hall–Kier alpha value is -3.37. The normalized spacial score (nSPS) is 18.4. The Balaban J connectivity index is 1.34. The molecule has 1 aliphatic carbocycles. The molecule has 166 valence electrons. The first-order valence-electron chi connectivity index (χ1n) is 11.9. The van der Waals surface area contributed by atoms with Gasteiger partial charge in [-0.1, -0.05) is 48.5 Å². The van der Waals surface area contributed by atoms with Gasteiger partial charge in [-0.25, -0.2) is 0 Å². The van der Waals surface area contributed by atoms with Crippen molar-refractivity contribution in [1.82, 2.24) is 15.2 Å². The van der Waals surface area contributed by atoms with Crippen LogP contribution in [0.4, 0.5) is 0 Å². The van der Waals surface area contributed by atoms with Gasteiger partial charge in [0.1, 0.15) is 0 Å². The van der Waals surface area contributed by atoms with Gasteiger partial charge in [-0.2, -0.15) is 0 Å². The number of aromatic amines is 1. The number of benzene rings is 3. The SMILES string of the molecule is C[C@@H](NC1CCCc2c1[nH]c1ccc(-c3ccc4c(c3)C(=O)N(C)C4)cc21)c1ccccc1. The van der Waals surface area contributed by atoms with Crippen LogP contribution in [0.25, 0.3) is 22.0 Å². The van der Waals surface area contributed by atoms with E-state index in [0.29, 0.717) is 18.6 Å². The molecule has 3 aromatic carbocycles. The number of nitrogens with zero attached hydrogens (tertiary/aromatic N) is 1. The van der Waals surface area contributed by atoms with Crippen molar-refractivity contribution in [2.24, 2.45) is 0 Å². The molecule has 4 aromatic rings. The Labute approximate surface area is 194 Å². The van der Waals surface area contributed by atoms with Crippen LogP contribution in [-0.2, 0) is 13.0 Å². The molecule has 0 fully saturated rings. The summed E-state index contributed by atoms with van der Waals surface area (Å²) in [4.78, 5) is 18.0. The number of aromatic nitrogens is 1. The predicted molar refractivity (Wildman–Crippen MR) is 133 cm³/mol. The molecule has 0 saturated carbocycles. The van der Waals surface area contributed by atoms with Gasteiger partial charge in [0.05, 0.1) is 0 Å². The van der Waals surface area contributed by atoms with E-state index in [9.17, 15) is 4.79 Å². The molecule has 33 heavy (non-hydrogen) atoms. The zero-order chi connectivity index (χ0) is 22.5. The molecule has 2 aliphatic rings. The molecule has 4 nitrogen and oxygen atoms in total. The summed E-state index contributed by atoms with van der Waals surface area (Å²) in [6.45, 7) is 2.95. The van der Waals surface area contributed by atoms with Crippen LogP contribution in [0.5, 0.6) is 0 Å². The number of carbonyl (C=O) groups is 1. The molecule has 0 saturated heterocycles. The zero-order valence-corrected chi connectivity index (χ0v) is 19.2. The van der Waals surface area contributed by atoms with Gasteiger partial charge in [0.15, 0.2) is 0 Å². The maximum absolute atomic E-state index is 12.5. The van der Waals surface area contributed by atoms with E-state index in [1.807, 2.05) is 7.05 Å². The molecule has 0 spiro atoms. The fourth-order valence-electron chi connectivity index (χ4n) is 5.57. The maximum Gasteiger partial charge on any atom is 0.254 e. The van der Waals surface area contributed by atoms with Gasteiger partial charge < -0.3 is 15.2 Å². The van der Waals surface area contributed by atoms with E-state index in [4.69, 9.17) is 0 Å². The topological polar surface area (TPSA) is 48.1 Å². The van der Waals surface area contributed by atoms with Crippen molar-refractivity contribution in [1.29, 1.82) is 0 Å². The van der Waals surface area contributed by atoms with Crippen molar-refractivity contribution in [2.75, 3.05) is 7.05 Å². The minimum absolute atomic E-state index is 0.119. The third kappa shape index (κ3) is 3.46. The van der Waals surface area contributed by atoms with Crippen molar-refractivity contribution >= 4 is 16.8 Å². The Kier molecular flexibility index (Phi) is 4.84. The van der Waals surface area contributed by atoms with Crippen LogP contribution in [-0.4, -0.2) is 22.8 Å². The van der Waals surface area contributed by atoms with E-state index >= 15 is 0 Å². The van der Waals surface area contributed by atoms with E-state index in [2.05, 4.69) is 84.0 Å². The average Bonchev–Trinajstić information content (AvgIpc) is 3.36. The standard InChI is InChI=1S/C29H29N3O/c1-18(19-7-4-3-5-8-19)30-27-10-6-9-23-25-16-21(13-14-26(25)31-28(23)27)20-11-12-22-17-32(2)29(33)24(22)15-20/h3-5,7-8,11-16,18,27,30-31H,6,9-10,17H2,1-2H3/t18-,27?/m1/s1. The summed E-state index contributed by atoms with van der Waals surface area (Å²) in [6.07, 6.45) is 3.43. The number of carbonyl (C=O) groups excluding carboxylic acids is 1. The van der Waals surface area contributed by atoms with Gasteiger partial charge in [-0.15, -0.1) is 0 Å². The summed E-state index contributed by atoms with van der Waals surface area (Å²) in [7, 11) is 1.86. The molecule has 0 radical (unpaired) electrons. The second-order valence-electron chi connectivity index (χ2n) is 9.55.